The smallest absolute Gasteiger partial charge is 0.258 e. The van der Waals surface area contributed by atoms with Crippen LogP contribution in [0.1, 0.15) is 10.4 Å². The number of rotatable bonds is 2. The van der Waals surface area contributed by atoms with Gasteiger partial charge in [0, 0.05) is 22.0 Å². The lowest BCUT2D eigenvalue weighted by Gasteiger charge is -2.07. The Morgan fingerprint density at radius 1 is 1.39 bits per heavy atom. The van der Waals surface area contributed by atoms with E-state index >= 15 is 0 Å². The number of hydrogen-bond acceptors (Lipinski definition) is 3. The number of hydrogen-bond donors (Lipinski definition) is 2. The van der Waals surface area contributed by atoms with E-state index in [4.69, 9.17) is 5.73 Å². The van der Waals surface area contributed by atoms with Crippen molar-refractivity contribution in [3.05, 3.63) is 52.5 Å². The highest BCUT2D eigenvalue weighted by Gasteiger charge is 2.11. The zero-order chi connectivity index (χ0) is 13.1. The fraction of sp³-hybridized carbons (Fsp3) is 0. The Labute approximate surface area is 111 Å². The number of nitrogen functional groups attached to an aromatic ring is 1. The molecule has 0 bridgehead atoms. The Balaban J connectivity index is 2.22. The number of halogens is 2. The number of nitrogens with zero attached hydrogens (tertiary/aromatic N) is 1. The van der Waals surface area contributed by atoms with Gasteiger partial charge in [0.25, 0.3) is 5.91 Å². The largest absolute Gasteiger partial charge is 0.398 e. The molecule has 0 fully saturated rings. The monoisotopic (exact) mass is 309 g/mol. The fourth-order valence-electron chi connectivity index (χ4n) is 1.36. The third kappa shape index (κ3) is 2.65. The molecule has 2 rings (SSSR count). The first kappa shape index (κ1) is 12.5. The van der Waals surface area contributed by atoms with Gasteiger partial charge in [0.2, 0.25) is 0 Å². The zero-order valence-corrected chi connectivity index (χ0v) is 10.7. The second-order valence-electron chi connectivity index (χ2n) is 3.55. The first-order valence-corrected chi connectivity index (χ1v) is 5.83. The maximum absolute atomic E-state index is 13.3. The summed E-state index contributed by atoms with van der Waals surface area (Å²) in [4.78, 5) is 15.4. The van der Waals surface area contributed by atoms with Gasteiger partial charge in [-0.25, -0.2) is 4.39 Å². The predicted octanol–water partition coefficient (Wildman–Crippen LogP) is 2.82. The molecule has 0 radical (unpaired) electrons. The van der Waals surface area contributed by atoms with E-state index in [1.807, 2.05) is 0 Å². The number of benzene rings is 1. The second kappa shape index (κ2) is 5.14. The molecule has 0 aliphatic carbocycles. The van der Waals surface area contributed by atoms with Crippen molar-refractivity contribution >= 4 is 33.2 Å². The van der Waals surface area contributed by atoms with Crippen LogP contribution >= 0.6 is 15.9 Å². The number of carbonyl (C=O) groups is 1. The Kier molecular flexibility index (Phi) is 3.57. The summed E-state index contributed by atoms with van der Waals surface area (Å²) >= 11 is 3.25. The van der Waals surface area contributed by atoms with Gasteiger partial charge in [-0.2, -0.15) is 0 Å². The molecular weight excluding hydrogens is 301 g/mol. The van der Waals surface area contributed by atoms with Crippen LogP contribution in [0, 0.1) is 5.82 Å². The molecule has 2 aromatic rings. The van der Waals surface area contributed by atoms with Crippen molar-refractivity contribution in [2.24, 2.45) is 0 Å². The summed E-state index contributed by atoms with van der Waals surface area (Å²) < 4.78 is 14.0. The van der Waals surface area contributed by atoms with Gasteiger partial charge in [0.05, 0.1) is 11.8 Å². The van der Waals surface area contributed by atoms with Gasteiger partial charge in [-0.15, -0.1) is 0 Å². The van der Waals surface area contributed by atoms with E-state index in [1.54, 1.807) is 18.2 Å². The number of pyridine rings is 1. The number of amides is 1. The van der Waals surface area contributed by atoms with Crippen molar-refractivity contribution in [1.29, 1.82) is 0 Å². The van der Waals surface area contributed by atoms with Crippen LogP contribution in [0.25, 0.3) is 0 Å². The van der Waals surface area contributed by atoms with Gasteiger partial charge in [0.15, 0.2) is 5.82 Å². The Morgan fingerprint density at radius 3 is 2.83 bits per heavy atom. The van der Waals surface area contributed by atoms with Crippen LogP contribution in [0.15, 0.2) is 41.1 Å². The second-order valence-corrected chi connectivity index (χ2v) is 4.40. The number of anilines is 2. The average molecular weight is 310 g/mol. The minimum Gasteiger partial charge on any atom is -0.398 e. The third-order valence-corrected chi connectivity index (χ3v) is 2.96. The number of nitrogens with two attached hydrogens (primary N) is 1. The van der Waals surface area contributed by atoms with Crippen molar-refractivity contribution in [3.8, 4) is 0 Å². The minimum absolute atomic E-state index is 0.0575. The van der Waals surface area contributed by atoms with Crippen molar-refractivity contribution in [1.82, 2.24) is 4.98 Å². The Bertz CT molecular complexity index is 604. The van der Waals surface area contributed by atoms with Crippen molar-refractivity contribution in [2.75, 3.05) is 11.1 Å². The van der Waals surface area contributed by atoms with E-state index in [0.29, 0.717) is 15.8 Å². The van der Waals surface area contributed by atoms with E-state index in [-0.39, 0.29) is 5.56 Å². The summed E-state index contributed by atoms with van der Waals surface area (Å²) in [5.74, 6) is -1.20. The normalized spacial score (nSPS) is 10.1. The molecule has 18 heavy (non-hydrogen) atoms. The van der Waals surface area contributed by atoms with Crippen LogP contribution < -0.4 is 11.1 Å². The highest BCUT2D eigenvalue weighted by Crippen LogP contribution is 2.23. The number of carbonyl (C=O) groups excluding carboxylic acids is 1. The van der Waals surface area contributed by atoms with Gasteiger partial charge in [-0.05, 0) is 40.2 Å². The summed E-state index contributed by atoms with van der Waals surface area (Å²) in [5, 5.41) is 2.57. The van der Waals surface area contributed by atoms with Crippen molar-refractivity contribution in [2.45, 2.75) is 0 Å². The zero-order valence-electron chi connectivity index (χ0n) is 9.15. The van der Waals surface area contributed by atoms with Crippen LogP contribution in [-0.2, 0) is 0 Å². The minimum atomic E-state index is -0.662. The van der Waals surface area contributed by atoms with Crippen LogP contribution in [0.5, 0.6) is 0 Å². The molecule has 0 spiro atoms. The molecule has 92 valence electrons. The fourth-order valence-corrected chi connectivity index (χ4v) is 1.74. The maximum atomic E-state index is 13.3. The van der Waals surface area contributed by atoms with Gasteiger partial charge < -0.3 is 11.1 Å². The lowest BCUT2D eigenvalue weighted by molar-refractivity contribution is 0.102. The van der Waals surface area contributed by atoms with E-state index in [9.17, 15) is 9.18 Å². The SMILES string of the molecule is Nc1ccc(NC(=O)c2ccncc2F)cc1Br. The van der Waals surface area contributed by atoms with Gasteiger partial charge in [0.1, 0.15) is 0 Å². The van der Waals surface area contributed by atoms with Crippen LogP contribution in [0.2, 0.25) is 0 Å². The lowest BCUT2D eigenvalue weighted by atomic mass is 10.2. The molecule has 0 saturated carbocycles. The first-order chi connectivity index (χ1) is 8.58. The highest BCUT2D eigenvalue weighted by molar-refractivity contribution is 9.10. The average Bonchev–Trinajstić information content (AvgIpc) is 2.34. The molecule has 1 heterocycles. The van der Waals surface area contributed by atoms with Crippen LogP contribution in [0.3, 0.4) is 0 Å². The molecular formula is C12H9BrFN3O. The van der Waals surface area contributed by atoms with E-state index in [2.05, 4.69) is 26.2 Å². The van der Waals surface area contributed by atoms with E-state index < -0.39 is 11.7 Å². The summed E-state index contributed by atoms with van der Waals surface area (Å²) in [6, 6.07) is 6.24. The number of nitrogens with one attached hydrogen (secondary N) is 1. The maximum Gasteiger partial charge on any atom is 0.258 e. The molecule has 3 N–H and O–H groups in total. The van der Waals surface area contributed by atoms with Crippen molar-refractivity contribution < 1.29 is 9.18 Å². The van der Waals surface area contributed by atoms with E-state index in [0.717, 1.165) is 6.20 Å². The molecule has 0 unspecified atom stereocenters. The summed E-state index contributed by atoms with van der Waals surface area (Å²) in [5.41, 5.74) is 6.65. The Hall–Kier alpha value is -1.95. The lowest BCUT2D eigenvalue weighted by Crippen LogP contribution is -2.13. The molecule has 1 amide bonds. The van der Waals surface area contributed by atoms with Crippen LogP contribution in [0.4, 0.5) is 15.8 Å². The summed E-state index contributed by atoms with van der Waals surface area (Å²) in [6.07, 6.45) is 2.35. The molecule has 6 heteroatoms. The number of aromatic nitrogens is 1. The van der Waals surface area contributed by atoms with Gasteiger partial charge in [-0.1, -0.05) is 0 Å². The van der Waals surface area contributed by atoms with Gasteiger partial charge >= 0.3 is 0 Å². The molecule has 0 atom stereocenters. The molecule has 0 aliphatic heterocycles. The first-order valence-electron chi connectivity index (χ1n) is 5.04. The topological polar surface area (TPSA) is 68.0 Å². The molecule has 0 aliphatic rings. The predicted molar refractivity (Wildman–Crippen MR) is 70.7 cm³/mol. The highest BCUT2D eigenvalue weighted by atomic mass is 79.9. The molecule has 1 aromatic carbocycles. The summed E-state index contributed by atoms with van der Waals surface area (Å²) in [7, 11) is 0. The third-order valence-electron chi connectivity index (χ3n) is 2.28. The quantitative estimate of drug-likeness (QED) is 0.838. The standard InChI is InChI=1S/C12H9BrFN3O/c13-9-5-7(1-2-11(9)15)17-12(18)8-3-4-16-6-10(8)14/h1-6H,15H2,(H,17,18). The van der Waals surface area contributed by atoms with Crippen molar-refractivity contribution in [3.63, 3.8) is 0 Å². The molecule has 4 nitrogen and oxygen atoms in total. The van der Waals surface area contributed by atoms with Crippen LogP contribution in [-0.4, -0.2) is 10.9 Å². The summed E-state index contributed by atoms with van der Waals surface area (Å²) in [6.45, 7) is 0. The molecule has 0 saturated heterocycles. The van der Waals surface area contributed by atoms with Gasteiger partial charge in [-0.3, -0.25) is 9.78 Å². The van der Waals surface area contributed by atoms with E-state index in [1.165, 1.54) is 12.3 Å². The molecule has 1 aromatic heterocycles. The Morgan fingerprint density at radius 2 is 2.17 bits per heavy atom.